The van der Waals surface area contributed by atoms with Crippen molar-refractivity contribution in [1.82, 2.24) is 0 Å². The second kappa shape index (κ2) is 8.17. The molecular formula is C19H22N2O4. The number of nitrogens with zero attached hydrogens (tertiary/aromatic N) is 2. The van der Waals surface area contributed by atoms with Crippen LogP contribution in [0, 0.1) is 51.8 Å². The Morgan fingerprint density at radius 2 is 2.04 bits per heavy atom. The Morgan fingerprint density at radius 3 is 2.60 bits per heavy atom. The van der Waals surface area contributed by atoms with Crippen molar-refractivity contribution < 1.29 is 19.0 Å². The average Bonchev–Trinajstić information content (AvgIpc) is 3.06. The molecule has 1 saturated heterocycles. The molecule has 1 spiro atoms. The zero-order valence-electron chi connectivity index (χ0n) is 14.4. The third kappa shape index (κ3) is 4.20. The van der Waals surface area contributed by atoms with Crippen LogP contribution in [0.25, 0.3) is 0 Å². The van der Waals surface area contributed by atoms with Gasteiger partial charge in [-0.15, -0.1) is 6.58 Å². The smallest absolute Gasteiger partial charge is 0.303 e. The molecule has 1 aliphatic heterocycles. The molecule has 0 bridgehead atoms. The van der Waals surface area contributed by atoms with E-state index in [4.69, 9.17) is 14.2 Å². The highest BCUT2D eigenvalue weighted by Crippen LogP contribution is 2.49. The molecule has 25 heavy (non-hydrogen) atoms. The van der Waals surface area contributed by atoms with Gasteiger partial charge in [0.1, 0.15) is 0 Å². The normalized spacial score (nSPS) is 24.4. The van der Waals surface area contributed by atoms with E-state index in [9.17, 15) is 15.3 Å². The minimum absolute atomic E-state index is 0.0391. The Balaban J connectivity index is 2.12. The van der Waals surface area contributed by atoms with Crippen molar-refractivity contribution >= 4 is 5.97 Å². The molecule has 0 amide bonds. The largest absolute Gasteiger partial charge is 0.453 e. The van der Waals surface area contributed by atoms with Gasteiger partial charge in [0, 0.05) is 26.2 Å². The summed E-state index contributed by atoms with van der Waals surface area (Å²) in [6, 6.07) is 4.35. The molecule has 0 radical (unpaired) electrons. The number of allylic oxidation sites excluding steroid dienone is 1. The van der Waals surface area contributed by atoms with Crippen LogP contribution in [-0.2, 0) is 19.0 Å². The number of nitriles is 2. The molecule has 132 valence electrons. The number of rotatable bonds is 4. The van der Waals surface area contributed by atoms with Crippen molar-refractivity contribution in [3.05, 3.63) is 12.7 Å². The lowest BCUT2D eigenvalue weighted by Gasteiger charge is -2.43. The Bertz CT molecular complexity index is 642. The second-order valence-corrected chi connectivity index (χ2v) is 6.36. The van der Waals surface area contributed by atoms with E-state index in [1.807, 2.05) is 0 Å². The number of ether oxygens (including phenoxy) is 3. The van der Waals surface area contributed by atoms with Crippen LogP contribution in [0.15, 0.2) is 12.7 Å². The van der Waals surface area contributed by atoms with E-state index in [0.29, 0.717) is 32.5 Å². The van der Waals surface area contributed by atoms with Crippen LogP contribution in [0.5, 0.6) is 0 Å². The number of carbonyl (C=O) groups is 1. The summed E-state index contributed by atoms with van der Waals surface area (Å²) in [5, 5.41) is 19.4. The molecule has 0 aromatic rings. The summed E-state index contributed by atoms with van der Waals surface area (Å²) in [5.74, 6) is 4.23. The third-order valence-corrected chi connectivity index (χ3v) is 4.89. The number of carbonyl (C=O) groups excluding carboxylic acids is 1. The molecule has 1 aliphatic carbocycles. The predicted octanol–water partition coefficient (Wildman–Crippen LogP) is 2.32. The van der Waals surface area contributed by atoms with Crippen LogP contribution >= 0.6 is 0 Å². The van der Waals surface area contributed by atoms with Crippen molar-refractivity contribution in [2.45, 2.75) is 38.4 Å². The lowest BCUT2D eigenvalue weighted by molar-refractivity contribution is -0.194. The van der Waals surface area contributed by atoms with E-state index in [1.54, 1.807) is 6.08 Å². The molecule has 2 atom stereocenters. The first-order chi connectivity index (χ1) is 12.0. The molecule has 6 heteroatoms. The summed E-state index contributed by atoms with van der Waals surface area (Å²) in [7, 11) is 0. The standard InChI is InChI=1S/C19H22N2O4/c1-3-16-12-19(24-10-11-25-19)8-6-17(16)18(13-20,14-21)7-4-5-9-23-15(2)22/h3,16-17H,1,6-12H2,2H3/t16-,17?/m1/s1. The summed E-state index contributed by atoms with van der Waals surface area (Å²) in [5.41, 5.74) is -1.23. The zero-order chi connectivity index (χ0) is 18.3. The maximum atomic E-state index is 10.7. The topological polar surface area (TPSA) is 92.3 Å². The maximum Gasteiger partial charge on any atom is 0.303 e. The fourth-order valence-electron chi connectivity index (χ4n) is 3.60. The Kier molecular flexibility index (Phi) is 6.21. The molecule has 1 heterocycles. The Morgan fingerprint density at radius 1 is 1.36 bits per heavy atom. The number of hydrogen-bond donors (Lipinski definition) is 0. The van der Waals surface area contributed by atoms with E-state index in [1.165, 1.54) is 6.92 Å². The molecule has 0 aromatic heterocycles. The second-order valence-electron chi connectivity index (χ2n) is 6.36. The van der Waals surface area contributed by atoms with Gasteiger partial charge in [-0.05, 0) is 18.3 Å². The molecular weight excluding hydrogens is 320 g/mol. The summed E-state index contributed by atoms with van der Waals surface area (Å²) < 4.78 is 16.3. The third-order valence-electron chi connectivity index (χ3n) is 4.89. The molecule has 2 fully saturated rings. The van der Waals surface area contributed by atoms with Gasteiger partial charge < -0.3 is 14.2 Å². The first-order valence-corrected chi connectivity index (χ1v) is 8.33. The van der Waals surface area contributed by atoms with Crippen molar-refractivity contribution in [2.24, 2.45) is 17.3 Å². The highest BCUT2D eigenvalue weighted by molar-refractivity contribution is 5.66. The molecule has 6 nitrogen and oxygen atoms in total. The maximum absolute atomic E-state index is 10.7. The van der Waals surface area contributed by atoms with E-state index in [-0.39, 0.29) is 24.9 Å². The van der Waals surface area contributed by atoms with E-state index < -0.39 is 17.2 Å². The highest BCUT2D eigenvalue weighted by Gasteiger charge is 2.51. The van der Waals surface area contributed by atoms with Crippen molar-refractivity contribution in [3.8, 4) is 24.0 Å². The van der Waals surface area contributed by atoms with E-state index in [2.05, 4.69) is 30.6 Å². The molecule has 0 aromatic carbocycles. The van der Waals surface area contributed by atoms with Crippen LogP contribution in [0.3, 0.4) is 0 Å². The van der Waals surface area contributed by atoms with E-state index in [0.717, 1.165) is 0 Å². The zero-order valence-corrected chi connectivity index (χ0v) is 14.4. The van der Waals surface area contributed by atoms with Gasteiger partial charge in [-0.1, -0.05) is 17.9 Å². The lowest BCUT2D eigenvalue weighted by Crippen LogP contribution is -2.44. The molecule has 1 unspecified atom stereocenters. The van der Waals surface area contributed by atoms with Gasteiger partial charge in [-0.25, -0.2) is 0 Å². The quantitative estimate of drug-likeness (QED) is 0.442. The minimum Gasteiger partial charge on any atom is -0.453 e. The van der Waals surface area contributed by atoms with Gasteiger partial charge in [0.05, 0.1) is 25.4 Å². The summed E-state index contributed by atoms with van der Waals surface area (Å²) in [6.45, 7) is 6.27. The van der Waals surface area contributed by atoms with Crippen LogP contribution < -0.4 is 0 Å². The van der Waals surface area contributed by atoms with Gasteiger partial charge in [0.15, 0.2) is 17.8 Å². The highest BCUT2D eigenvalue weighted by atomic mass is 16.7. The van der Waals surface area contributed by atoms with Crippen molar-refractivity contribution in [1.29, 1.82) is 10.5 Å². The van der Waals surface area contributed by atoms with Crippen molar-refractivity contribution in [3.63, 3.8) is 0 Å². The molecule has 0 N–H and O–H groups in total. The van der Waals surface area contributed by atoms with Gasteiger partial charge in [-0.3, -0.25) is 4.79 Å². The first-order valence-electron chi connectivity index (χ1n) is 8.33. The molecule has 1 saturated carbocycles. The monoisotopic (exact) mass is 342 g/mol. The summed E-state index contributed by atoms with van der Waals surface area (Å²) in [6.07, 6.45) is 3.75. The fourth-order valence-corrected chi connectivity index (χ4v) is 3.60. The van der Waals surface area contributed by atoms with Crippen LogP contribution in [0.2, 0.25) is 0 Å². The van der Waals surface area contributed by atoms with Gasteiger partial charge in [-0.2, -0.15) is 10.5 Å². The number of hydrogen-bond acceptors (Lipinski definition) is 6. The predicted molar refractivity (Wildman–Crippen MR) is 88.3 cm³/mol. The summed E-state index contributed by atoms with van der Waals surface area (Å²) in [4.78, 5) is 10.7. The average molecular weight is 342 g/mol. The van der Waals surface area contributed by atoms with Crippen LogP contribution in [0.1, 0.15) is 32.6 Å². The van der Waals surface area contributed by atoms with Crippen molar-refractivity contribution in [2.75, 3.05) is 19.8 Å². The summed E-state index contributed by atoms with van der Waals surface area (Å²) >= 11 is 0. The van der Waals surface area contributed by atoms with Crippen LogP contribution in [-0.4, -0.2) is 31.6 Å². The minimum atomic E-state index is -1.23. The van der Waals surface area contributed by atoms with Gasteiger partial charge in [0.2, 0.25) is 0 Å². The fraction of sp³-hybridized carbons (Fsp3) is 0.632. The van der Waals surface area contributed by atoms with E-state index >= 15 is 0 Å². The lowest BCUT2D eigenvalue weighted by atomic mass is 9.62. The molecule has 2 rings (SSSR count). The SMILES string of the molecule is C=C[C@@H]1CC2(CCC1C(C#N)(C#N)CC#CCOC(C)=O)OCCO2. The Hall–Kier alpha value is -2.33. The number of esters is 1. The van der Waals surface area contributed by atoms with Crippen LogP contribution in [0.4, 0.5) is 0 Å². The Labute approximate surface area is 148 Å². The first kappa shape index (κ1) is 19.0. The van der Waals surface area contributed by atoms with Gasteiger partial charge in [0.25, 0.3) is 0 Å². The molecule has 2 aliphatic rings. The van der Waals surface area contributed by atoms with Gasteiger partial charge >= 0.3 is 5.97 Å².